The molecule has 0 saturated carbocycles. The number of fused-ring (bicyclic) bond motifs is 1. The Morgan fingerprint density at radius 1 is 1.46 bits per heavy atom. The Bertz CT molecular complexity index is 378. The van der Waals surface area contributed by atoms with Crippen LogP contribution < -0.4 is 5.06 Å². The number of para-hydroxylation sites is 1. The average molecular weight is 194 g/mol. The first-order chi connectivity index (χ1) is 6.33. The molecule has 1 aliphatic heterocycles. The van der Waals surface area contributed by atoms with Gasteiger partial charge < -0.3 is 0 Å². The minimum atomic E-state index is 0.427. The van der Waals surface area contributed by atoms with Gasteiger partial charge in [0.25, 0.3) is 0 Å². The Morgan fingerprint density at radius 2 is 2.23 bits per heavy atom. The number of thioether (sulfide) groups is 1. The molecule has 0 saturated heterocycles. The molecule has 5 heteroatoms. The van der Waals surface area contributed by atoms with Gasteiger partial charge in [0.1, 0.15) is 11.2 Å². The molecule has 1 N–H and O–H groups in total. The molecule has 0 unspecified atom stereocenters. The number of benzene rings is 1. The number of rotatable bonds is 1. The van der Waals surface area contributed by atoms with Crippen molar-refractivity contribution < 1.29 is 5.21 Å². The molecule has 13 heavy (non-hydrogen) atoms. The fraction of sp³-hybridized carbons (Fsp3) is 0. The summed E-state index contributed by atoms with van der Waals surface area (Å²) in [6, 6.07) is 7.33. The Hall–Kier alpha value is -1.33. The van der Waals surface area contributed by atoms with E-state index in [1.54, 1.807) is 6.07 Å². The van der Waals surface area contributed by atoms with E-state index < -0.39 is 0 Å². The summed E-state index contributed by atoms with van der Waals surface area (Å²) in [7, 11) is 0. The summed E-state index contributed by atoms with van der Waals surface area (Å²) in [6.45, 7) is 0. The quantitative estimate of drug-likeness (QED) is 0.698. The average Bonchev–Trinajstić information content (AvgIpc) is 2.46. The lowest BCUT2D eigenvalue weighted by Gasteiger charge is -2.08. The van der Waals surface area contributed by atoms with Gasteiger partial charge >= 0.3 is 0 Å². The third kappa shape index (κ3) is 1.32. The number of anilines is 1. The lowest BCUT2D eigenvalue weighted by molar-refractivity contribution is 0.293. The first-order valence-electron chi connectivity index (χ1n) is 3.61. The minimum Gasteiger partial charge on any atom is -0.283 e. The lowest BCUT2D eigenvalue weighted by atomic mass is 10.3. The highest BCUT2D eigenvalue weighted by Crippen LogP contribution is 2.44. The maximum absolute atomic E-state index is 9.98. The van der Waals surface area contributed by atoms with E-state index in [4.69, 9.17) is 0 Å². The third-order valence-corrected chi connectivity index (χ3v) is 2.73. The molecule has 0 fully saturated rings. The van der Waals surface area contributed by atoms with Gasteiger partial charge in [0.05, 0.1) is 5.69 Å². The van der Waals surface area contributed by atoms with Crippen LogP contribution in [0.1, 0.15) is 0 Å². The van der Waals surface area contributed by atoms with Gasteiger partial charge in [-0.15, -0.1) is 4.91 Å². The monoisotopic (exact) mass is 194 g/mol. The summed E-state index contributed by atoms with van der Waals surface area (Å²) in [6.07, 6.45) is 1.09. The van der Waals surface area contributed by atoms with E-state index in [1.165, 1.54) is 11.8 Å². The summed E-state index contributed by atoms with van der Waals surface area (Å²) in [4.78, 5) is 10.9. The van der Waals surface area contributed by atoms with Gasteiger partial charge in [-0.25, -0.2) is 5.06 Å². The molecule has 0 amide bonds. The van der Waals surface area contributed by atoms with Gasteiger partial charge in [0.2, 0.25) is 0 Å². The van der Waals surface area contributed by atoms with Crippen LogP contribution in [0.15, 0.2) is 45.6 Å². The summed E-state index contributed by atoms with van der Waals surface area (Å²) in [5.41, 5.74) is 0.683. The Labute approximate surface area is 78.8 Å². The first kappa shape index (κ1) is 8.28. The van der Waals surface area contributed by atoms with Crippen molar-refractivity contribution in [1.29, 1.82) is 0 Å². The van der Waals surface area contributed by atoms with E-state index in [-0.39, 0.29) is 0 Å². The fourth-order valence-corrected chi connectivity index (χ4v) is 2.03. The van der Waals surface area contributed by atoms with Crippen molar-refractivity contribution >= 4 is 17.4 Å². The van der Waals surface area contributed by atoms with E-state index in [2.05, 4.69) is 5.18 Å². The lowest BCUT2D eigenvalue weighted by Crippen LogP contribution is -2.09. The maximum Gasteiger partial charge on any atom is 0.129 e. The van der Waals surface area contributed by atoms with Crippen LogP contribution in [-0.4, -0.2) is 5.21 Å². The maximum atomic E-state index is 9.98. The standard InChI is InChI=1S/C8H6N2O2S/c11-9-5-8-10(12)6-3-1-2-4-7(6)13-8/h1-5,12H/b8-5+. The summed E-state index contributed by atoms with van der Waals surface area (Å²) < 4.78 is 0. The van der Waals surface area contributed by atoms with Crippen LogP contribution >= 0.6 is 11.8 Å². The molecule has 2 rings (SSSR count). The first-order valence-corrected chi connectivity index (χ1v) is 4.43. The number of hydrogen-bond donors (Lipinski definition) is 1. The van der Waals surface area contributed by atoms with Crippen LogP contribution in [0.2, 0.25) is 0 Å². The number of hydroxylamine groups is 1. The molecule has 0 atom stereocenters. The molecule has 0 spiro atoms. The van der Waals surface area contributed by atoms with Gasteiger partial charge in [0.15, 0.2) is 0 Å². The zero-order chi connectivity index (χ0) is 9.26. The highest BCUT2D eigenvalue weighted by atomic mass is 32.2. The second-order valence-electron chi connectivity index (χ2n) is 2.45. The zero-order valence-corrected chi connectivity index (χ0v) is 7.36. The zero-order valence-electron chi connectivity index (χ0n) is 6.54. The van der Waals surface area contributed by atoms with Gasteiger partial charge in [0, 0.05) is 4.90 Å². The molecule has 0 aromatic heterocycles. The molecule has 1 aliphatic rings. The molecule has 1 aromatic carbocycles. The summed E-state index contributed by atoms with van der Waals surface area (Å²) in [5, 5.41) is 13.5. The van der Waals surface area contributed by atoms with Gasteiger partial charge in [-0.05, 0) is 17.3 Å². The SMILES string of the molecule is O=N/C=C1/Sc2ccccc2N1O. The van der Waals surface area contributed by atoms with Gasteiger partial charge in [-0.3, -0.25) is 5.21 Å². The summed E-state index contributed by atoms with van der Waals surface area (Å²) in [5.74, 6) is 0. The van der Waals surface area contributed by atoms with E-state index >= 15 is 0 Å². The number of nitroso groups, excluding NO2 is 1. The van der Waals surface area contributed by atoms with E-state index in [0.29, 0.717) is 10.7 Å². The smallest absolute Gasteiger partial charge is 0.129 e. The molecule has 0 aliphatic carbocycles. The Balaban J connectivity index is 2.43. The van der Waals surface area contributed by atoms with Crippen LogP contribution in [0.4, 0.5) is 5.69 Å². The number of hydrogen-bond acceptors (Lipinski definition) is 5. The number of nitrogens with zero attached hydrogens (tertiary/aromatic N) is 2. The Morgan fingerprint density at radius 3 is 2.92 bits per heavy atom. The fourth-order valence-electron chi connectivity index (χ4n) is 1.12. The van der Waals surface area contributed by atoms with Crippen molar-refractivity contribution in [2.45, 2.75) is 4.90 Å². The van der Waals surface area contributed by atoms with E-state index in [1.807, 2.05) is 18.2 Å². The molecular formula is C8H6N2O2S. The van der Waals surface area contributed by atoms with Crippen LogP contribution in [0, 0.1) is 4.91 Å². The van der Waals surface area contributed by atoms with Crippen molar-refractivity contribution in [2.75, 3.05) is 5.06 Å². The van der Waals surface area contributed by atoms with Crippen molar-refractivity contribution in [3.05, 3.63) is 40.4 Å². The second-order valence-corrected chi connectivity index (χ2v) is 3.52. The predicted molar refractivity (Wildman–Crippen MR) is 50.4 cm³/mol. The Kier molecular flexibility index (Phi) is 2.03. The molecule has 0 bridgehead atoms. The van der Waals surface area contributed by atoms with Gasteiger partial charge in [-0.2, -0.15) is 0 Å². The van der Waals surface area contributed by atoms with Crippen LogP contribution in [0.5, 0.6) is 0 Å². The largest absolute Gasteiger partial charge is 0.283 e. The van der Waals surface area contributed by atoms with Crippen molar-refractivity contribution in [2.24, 2.45) is 5.18 Å². The third-order valence-electron chi connectivity index (χ3n) is 1.68. The molecule has 1 heterocycles. The van der Waals surface area contributed by atoms with E-state index in [0.717, 1.165) is 16.2 Å². The van der Waals surface area contributed by atoms with Crippen LogP contribution in [-0.2, 0) is 0 Å². The molecule has 66 valence electrons. The van der Waals surface area contributed by atoms with Gasteiger partial charge in [-0.1, -0.05) is 23.9 Å². The van der Waals surface area contributed by atoms with Crippen LogP contribution in [0.25, 0.3) is 0 Å². The highest BCUT2D eigenvalue weighted by molar-refractivity contribution is 8.03. The van der Waals surface area contributed by atoms with Crippen LogP contribution in [0.3, 0.4) is 0 Å². The second kappa shape index (κ2) is 3.20. The normalized spacial score (nSPS) is 17.6. The minimum absolute atomic E-state index is 0.427. The highest BCUT2D eigenvalue weighted by Gasteiger charge is 2.23. The molecule has 4 nitrogen and oxygen atoms in total. The van der Waals surface area contributed by atoms with E-state index in [9.17, 15) is 10.1 Å². The predicted octanol–water partition coefficient (Wildman–Crippen LogP) is 2.55. The van der Waals surface area contributed by atoms with Crippen molar-refractivity contribution in [1.82, 2.24) is 0 Å². The summed E-state index contributed by atoms with van der Waals surface area (Å²) >= 11 is 1.31. The molecule has 1 aromatic rings. The topological polar surface area (TPSA) is 52.9 Å². The molecular weight excluding hydrogens is 188 g/mol. The van der Waals surface area contributed by atoms with Crippen molar-refractivity contribution in [3.63, 3.8) is 0 Å². The van der Waals surface area contributed by atoms with Crippen molar-refractivity contribution in [3.8, 4) is 0 Å². The molecule has 0 radical (unpaired) electrons.